The van der Waals surface area contributed by atoms with Crippen molar-refractivity contribution in [3.8, 4) is 6.07 Å². The molecule has 2 aromatic rings. The Bertz CT molecular complexity index is 1310. The summed E-state index contributed by atoms with van der Waals surface area (Å²) in [5, 5.41) is 14.9. The van der Waals surface area contributed by atoms with Gasteiger partial charge in [0.15, 0.2) is 15.0 Å². The number of anilines is 1. The number of nitrogens with one attached hydrogen (secondary N) is 2. The third-order valence-electron chi connectivity index (χ3n) is 5.65. The van der Waals surface area contributed by atoms with Crippen molar-refractivity contribution in [2.24, 2.45) is 11.8 Å². The van der Waals surface area contributed by atoms with Crippen LogP contribution in [-0.4, -0.2) is 63.1 Å². The number of thioether (sulfide) groups is 1. The molecule has 14 heteroatoms. The Kier molecular flexibility index (Phi) is 12.8. The van der Waals surface area contributed by atoms with E-state index in [0.717, 1.165) is 29.2 Å². The van der Waals surface area contributed by atoms with Gasteiger partial charge in [-0.05, 0) is 55.2 Å². The minimum absolute atomic E-state index is 0.0556. The molecule has 0 bridgehead atoms. The number of halogens is 1. The van der Waals surface area contributed by atoms with E-state index in [4.69, 9.17) is 21.4 Å². The van der Waals surface area contributed by atoms with Crippen LogP contribution in [0.1, 0.15) is 25.7 Å². The van der Waals surface area contributed by atoms with Crippen LogP contribution in [0.5, 0.6) is 0 Å². The van der Waals surface area contributed by atoms with E-state index in [2.05, 4.69) is 15.6 Å². The average molecular weight is 603 g/mol. The van der Waals surface area contributed by atoms with Gasteiger partial charge in [-0.1, -0.05) is 24.4 Å². The lowest BCUT2D eigenvalue weighted by Crippen LogP contribution is -2.39. The zero-order valence-electron chi connectivity index (χ0n) is 20.8. The summed E-state index contributed by atoms with van der Waals surface area (Å²) in [6.45, 7) is 0.631. The maximum Gasteiger partial charge on any atom is 0.261 e. The molecule has 2 atom stereocenters. The lowest BCUT2D eigenvalue weighted by Gasteiger charge is -2.30. The zero-order valence-corrected chi connectivity index (χ0v) is 24.0. The second-order valence-electron chi connectivity index (χ2n) is 8.63. The topological polar surface area (TPSA) is 166 Å². The standard InChI is InChI=1S/C23H27ClN4O3S2.CH4O3S/c24-22-21(6-3-12-27-22)26-14-15-32-18-7-9-19(10-8-18)33(30,31)16-17-4-1-2-5-20(17)23(29)28-13-11-25;1-5(2,3)4/h3,6-10,12,17,20,26H,1-2,4-5,13-16H2,(H,28,29);1H3,(H,2,3,4)/t17-,20+;/m0./s1. The zero-order chi connectivity index (χ0) is 28.2. The molecule has 1 aliphatic rings. The van der Waals surface area contributed by atoms with Crippen molar-refractivity contribution in [3.05, 3.63) is 47.7 Å². The van der Waals surface area contributed by atoms with Gasteiger partial charge in [0.2, 0.25) is 5.91 Å². The fraction of sp³-hybridized carbons (Fsp3) is 0.458. The predicted molar refractivity (Wildman–Crippen MR) is 148 cm³/mol. The molecule has 38 heavy (non-hydrogen) atoms. The van der Waals surface area contributed by atoms with Gasteiger partial charge in [-0.15, -0.1) is 11.8 Å². The first-order chi connectivity index (χ1) is 17.9. The van der Waals surface area contributed by atoms with E-state index in [1.807, 2.05) is 30.3 Å². The molecule has 1 saturated carbocycles. The number of aromatic nitrogens is 1. The van der Waals surface area contributed by atoms with Crippen LogP contribution in [0.3, 0.4) is 0 Å². The first kappa shape index (κ1) is 31.8. The van der Waals surface area contributed by atoms with Crippen molar-refractivity contribution in [3.63, 3.8) is 0 Å². The molecular formula is C24H31ClN4O6S3. The number of carbonyl (C=O) groups excluding carboxylic acids is 1. The highest BCUT2D eigenvalue weighted by Crippen LogP contribution is 2.33. The van der Waals surface area contributed by atoms with Gasteiger partial charge < -0.3 is 10.6 Å². The minimum atomic E-state index is -3.67. The molecule has 1 aromatic carbocycles. The number of carbonyl (C=O) groups is 1. The molecule has 1 aliphatic carbocycles. The number of sulfone groups is 1. The molecule has 208 valence electrons. The number of amides is 1. The fourth-order valence-electron chi connectivity index (χ4n) is 4.00. The normalized spacial score (nSPS) is 17.4. The summed E-state index contributed by atoms with van der Waals surface area (Å²) in [4.78, 5) is 17.7. The highest BCUT2D eigenvalue weighted by atomic mass is 35.5. The Labute approximate surface area is 233 Å². The van der Waals surface area contributed by atoms with Crippen molar-refractivity contribution in [2.75, 3.05) is 36.2 Å². The molecule has 1 heterocycles. The smallest absolute Gasteiger partial charge is 0.261 e. The molecule has 10 nitrogen and oxygen atoms in total. The Hall–Kier alpha value is -2.37. The number of benzene rings is 1. The number of hydrogen-bond acceptors (Lipinski definition) is 9. The van der Waals surface area contributed by atoms with Gasteiger partial charge in [-0.3, -0.25) is 9.35 Å². The highest BCUT2D eigenvalue weighted by Gasteiger charge is 2.34. The number of hydrogen-bond donors (Lipinski definition) is 3. The second-order valence-corrected chi connectivity index (χ2v) is 13.7. The summed E-state index contributed by atoms with van der Waals surface area (Å²) < 4.78 is 51.9. The fourth-order valence-corrected chi connectivity index (χ4v) is 6.66. The molecule has 0 unspecified atom stereocenters. The monoisotopic (exact) mass is 602 g/mol. The molecule has 1 fully saturated rings. The van der Waals surface area contributed by atoms with E-state index in [-0.39, 0.29) is 34.9 Å². The molecule has 0 aliphatic heterocycles. The highest BCUT2D eigenvalue weighted by molar-refractivity contribution is 7.99. The van der Waals surface area contributed by atoms with Gasteiger partial charge in [0, 0.05) is 29.3 Å². The van der Waals surface area contributed by atoms with Crippen LogP contribution in [0, 0.1) is 23.2 Å². The summed E-state index contributed by atoms with van der Waals surface area (Å²) in [6, 6.07) is 12.5. The number of nitriles is 1. The first-order valence-corrected chi connectivity index (χ1v) is 16.6. The van der Waals surface area contributed by atoms with Crippen molar-refractivity contribution < 1.29 is 26.2 Å². The summed E-state index contributed by atoms with van der Waals surface area (Å²) in [5.41, 5.74) is 0.781. The Balaban J connectivity index is 0.000000926. The quantitative estimate of drug-likeness (QED) is 0.120. The summed E-state index contributed by atoms with van der Waals surface area (Å²) in [6.07, 6.45) is 5.52. The summed E-state index contributed by atoms with van der Waals surface area (Å²) in [5.74, 6) is -0.0949. The maximum absolute atomic E-state index is 13.0. The molecule has 3 rings (SSSR count). The predicted octanol–water partition coefficient (Wildman–Crippen LogP) is 3.66. The van der Waals surface area contributed by atoms with Crippen molar-refractivity contribution in [2.45, 2.75) is 35.5 Å². The summed E-state index contributed by atoms with van der Waals surface area (Å²) in [7, 11) is -7.18. The van der Waals surface area contributed by atoms with E-state index in [0.29, 0.717) is 30.8 Å². The van der Waals surface area contributed by atoms with Crippen molar-refractivity contribution in [1.29, 1.82) is 5.26 Å². The van der Waals surface area contributed by atoms with Crippen LogP contribution in [-0.2, 0) is 24.7 Å². The third kappa shape index (κ3) is 11.6. The van der Waals surface area contributed by atoms with Crippen LogP contribution < -0.4 is 10.6 Å². The molecule has 0 saturated heterocycles. The van der Waals surface area contributed by atoms with Gasteiger partial charge in [-0.25, -0.2) is 13.4 Å². The lowest BCUT2D eigenvalue weighted by atomic mass is 9.80. The van der Waals surface area contributed by atoms with E-state index in [1.54, 1.807) is 30.1 Å². The number of nitrogens with zero attached hydrogens (tertiary/aromatic N) is 2. The maximum atomic E-state index is 13.0. The molecule has 3 N–H and O–H groups in total. The van der Waals surface area contributed by atoms with Crippen LogP contribution in [0.25, 0.3) is 0 Å². The molecule has 0 radical (unpaired) electrons. The van der Waals surface area contributed by atoms with Crippen LogP contribution >= 0.6 is 23.4 Å². The van der Waals surface area contributed by atoms with E-state index >= 15 is 0 Å². The van der Waals surface area contributed by atoms with Gasteiger partial charge in [0.05, 0.1) is 28.7 Å². The molecule has 1 aromatic heterocycles. The van der Waals surface area contributed by atoms with E-state index in [9.17, 15) is 21.6 Å². The summed E-state index contributed by atoms with van der Waals surface area (Å²) >= 11 is 7.64. The molecule has 0 spiro atoms. The third-order valence-corrected chi connectivity index (χ3v) is 8.82. The van der Waals surface area contributed by atoms with E-state index < -0.39 is 20.0 Å². The van der Waals surface area contributed by atoms with Crippen LogP contribution in [0.4, 0.5) is 5.69 Å². The SMILES string of the molecule is CS(=O)(=O)O.N#CCNC(=O)[C@@H]1CCCC[C@H]1CS(=O)(=O)c1ccc(SCCNc2cccnc2Cl)cc1. The van der Waals surface area contributed by atoms with Crippen LogP contribution in [0.2, 0.25) is 5.15 Å². The van der Waals surface area contributed by atoms with Gasteiger partial charge in [0.1, 0.15) is 6.54 Å². The average Bonchev–Trinajstić information content (AvgIpc) is 2.85. The van der Waals surface area contributed by atoms with Gasteiger partial charge >= 0.3 is 0 Å². The number of rotatable bonds is 10. The lowest BCUT2D eigenvalue weighted by molar-refractivity contribution is -0.127. The van der Waals surface area contributed by atoms with Gasteiger partial charge in [0.25, 0.3) is 10.1 Å². The van der Waals surface area contributed by atoms with Crippen molar-refractivity contribution in [1.82, 2.24) is 10.3 Å². The number of pyridine rings is 1. The van der Waals surface area contributed by atoms with E-state index in [1.165, 1.54) is 0 Å². The molecular weight excluding hydrogens is 572 g/mol. The molecule has 1 amide bonds. The van der Waals surface area contributed by atoms with Crippen molar-refractivity contribution >= 4 is 54.9 Å². The Morgan fingerprint density at radius 2 is 1.84 bits per heavy atom. The first-order valence-electron chi connectivity index (χ1n) is 11.8. The Morgan fingerprint density at radius 3 is 2.47 bits per heavy atom. The minimum Gasteiger partial charge on any atom is -0.382 e. The second kappa shape index (κ2) is 15.3. The van der Waals surface area contributed by atoms with Crippen LogP contribution in [0.15, 0.2) is 52.4 Å². The largest absolute Gasteiger partial charge is 0.382 e. The van der Waals surface area contributed by atoms with Gasteiger partial charge in [-0.2, -0.15) is 13.7 Å². The Morgan fingerprint density at radius 1 is 1.18 bits per heavy atom.